The molecule has 0 aliphatic carbocycles. The van der Waals surface area contributed by atoms with Crippen LogP contribution in [0.25, 0.3) is 0 Å². The Balaban J connectivity index is 1.84. The zero-order valence-electron chi connectivity index (χ0n) is 19.6. The van der Waals surface area contributed by atoms with Crippen LogP contribution < -0.4 is 0 Å². The second-order valence-corrected chi connectivity index (χ2v) is 9.68. The van der Waals surface area contributed by atoms with Gasteiger partial charge in [-0.15, -0.1) is 0 Å². The molecule has 8 heteroatoms. The molecule has 3 aromatic carbocycles. The summed E-state index contributed by atoms with van der Waals surface area (Å²) in [5.41, 5.74) is 2.16. The van der Waals surface area contributed by atoms with E-state index in [1.54, 1.807) is 48.5 Å². The Kier molecular flexibility index (Phi) is 8.29. The van der Waals surface area contributed by atoms with Crippen molar-refractivity contribution in [2.45, 2.75) is 50.5 Å². The van der Waals surface area contributed by atoms with Crippen molar-refractivity contribution >= 4 is 35.1 Å². The minimum Gasteiger partial charge on any atom is -0.480 e. The van der Waals surface area contributed by atoms with E-state index in [0.29, 0.717) is 27.6 Å². The van der Waals surface area contributed by atoms with Gasteiger partial charge in [-0.2, -0.15) is 0 Å². The minimum atomic E-state index is -1.08. The van der Waals surface area contributed by atoms with Crippen LogP contribution in [-0.2, 0) is 20.7 Å². The van der Waals surface area contributed by atoms with Gasteiger partial charge in [-0.05, 0) is 59.5 Å². The van der Waals surface area contributed by atoms with Crippen molar-refractivity contribution in [2.24, 2.45) is 0 Å². The van der Waals surface area contributed by atoms with Crippen LogP contribution in [-0.4, -0.2) is 34.0 Å². The van der Waals surface area contributed by atoms with E-state index in [0.717, 1.165) is 5.56 Å². The van der Waals surface area contributed by atoms with E-state index >= 15 is 0 Å². The number of aliphatic carboxylic acids is 1. The largest absolute Gasteiger partial charge is 0.480 e. The van der Waals surface area contributed by atoms with Gasteiger partial charge in [0.05, 0.1) is 6.04 Å². The van der Waals surface area contributed by atoms with Crippen molar-refractivity contribution in [3.8, 4) is 0 Å². The quantitative estimate of drug-likeness (QED) is 0.355. The highest BCUT2D eigenvalue weighted by atomic mass is 35.5. The van der Waals surface area contributed by atoms with E-state index in [4.69, 9.17) is 27.9 Å². The lowest BCUT2D eigenvalue weighted by Crippen LogP contribution is -2.57. The first-order chi connectivity index (χ1) is 17.3. The van der Waals surface area contributed by atoms with Crippen molar-refractivity contribution in [2.75, 3.05) is 0 Å². The molecule has 0 aromatic heterocycles. The molecular weight excluding hydrogens is 504 g/mol. The van der Waals surface area contributed by atoms with Crippen molar-refractivity contribution in [3.63, 3.8) is 0 Å². The van der Waals surface area contributed by atoms with Crippen LogP contribution in [0.15, 0.2) is 72.8 Å². The number of carboxylic acids is 1. The van der Waals surface area contributed by atoms with Gasteiger partial charge in [-0.3, -0.25) is 4.79 Å². The van der Waals surface area contributed by atoms with Crippen LogP contribution >= 0.6 is 23.2 Å². The SMILES string of the molecule is CCC[C@@H](C(=O)O)N1C(=O)[C@H](Cc2ccc(F)cc2)O[C@@H](c2ccc(Cl)cc2)[C@H]1c1ccc(Cl)cc1. The topological polar surface area (TPSA) is 66.8 Å². The molecule has 1 saturated heterocycles. The van der Waals surface area contributed by atoms with Gasteiger partial charge in [0.15, 0.2) is 0 Å². The summed E-state index contributed by atoms with van der Waals surface area (Å²) in [4.78, 5) is 27.8. The monoisotopic (exact) mass is 529 g/mol. The maximum Gasteiger partial charge on any atom is 0.326 e. The normalized spacial score (nSPS) is 20.8. The highest BCUT2D eigenvalue weighted by molar-refractivity contribution is 6.30. The fourth-order valence-corrected chi connectivity index (χ4v) is 4.89. The predicted octanol–water partition coefficient (Wildman–Crippen LogP) is 6.64. The second-order valence-electron chi connectivity index (χ2n) is 8.81. The summed E-state index contributed by atoms with van der Waals surface area (Å²) in [6, 6.07) is 18.1. The molecule has 1 aliphatic heterocycles. The van der Waals surface area contributed by atoms with Gasteiger partial charge in [0.1, 0.15) is 24.1 Å². The lowest BCUT2D eigenvalue weighted by molar-refractivity contribution is -0.184. The number of carboxylic acid groups (broad SMARTS) is 1. The molecule has 0 unspecified atom stereocenters. The lowest BCUT2D eigenvalue weighted by Gasteiger charge is -2.47. The van der Waals surface area contributed by atoms with E-state index in [9.17, 15) is 19.1 Å². The molecule has 1 heterocycles. The number of halogens is 3. The lowest BCUT2D eigenvalue weighted by atomic mass is 9.88. The van der Waals surface area contributed by atoms with Crippen LogP contribution in [0.5, 0.6) is 0 Å². The standard InChI is InChI=1S/C28H26Cl2FNO4/c1-2-3-23(28(34)35)32-25(18-6-10-20(29)11-7-18)26(19-8-12-21(30)13-9-19)36-24(27(32)33)16-17-4-14-22(31)15-5-17/h4-15,23-26H,2-3,16H2,1H3,(H,34,35)/t23-,24-,25+,26-/m0/s1. The molecule has 0 radical (unpaired) electrons. The van der Waals surface area contributed by atoms with Crippen molar-refractivity contribution in [1.82, 2.24) is 4.90 Å². The first-order valence-electron chi connectivity index (χ1n) is 11.7. The number of amides is 1. The zero-order valence-corrected chi connectivity index (χ0v) is 21.1. The Hall–Kier alpha value is -2.93. The Morgan fingerprint density at radius 3 is 2.06 bits per heavy atom. The summed E-state index contributed by atoms with van der Waals surface area (Å²) in [6.07, 6.45) is -0.611. The first-order valence-corrected chi connectivity index (χ1v) is 12.5. The average Bonchev–Trinajstić information content (AvgIpc) is 2.86. The number of carbonyl (C=O) groups is 2. The van der Waals surface area contributed by atoms with Crippen LogP contribution in [0.2, 0.25) is 10.0 Å². The van der Waals surface area contributed by atoms with Crippen molar-refractivity contribution in [1.29, 1.82) is 0 Å². The maximum absolute atomic E-state index is 13.9. The number of morpholine rings is 1. The fourth-order valence-electron chi connectivity index (χ4n) is 4.64. The van der Waals surface area contributed by atoms with Gasteiger partial charge in [0.25, 0.3) is 5.91 Å². The maximum atomic E-state index is 13.9. The summed E-state index contributed by atoms with van der Waals surface area (Å²) in [7, 11) is 0. The van der Waals surface area contributed by atoms with Crippen LogP contribution in [0.1, 0.15) is 48.6 Å². The summed E-state index contributed by atoms with van der Waals surface area (Å²) in [5, 5.41) is 11.2. The first kappa shape index (κ1) is 26.1. The van der Waals surface area contributed by atoms with Gasteiger partial charge in [0, 0.05) is 16.5 Å². The van der Waals surface area contributed by atoms with Gasteiger partial charge in [0.2, 0.25) is 0 Å². The third kappa shape index (κ3) is 5.72. The molecule has 1 amide bonds. The number of rotatable bonds is 8. The highest BCUT2D eigenvalue weighted by Crippen LogP contribution is 2.44. The smallest absolute Gasteiger partial charge is 0.326 e. The molecule has 1 aliphatic rings. The van der Waals surface area contributed by atoms with Gasteiger partial charge >= 0.3 is 5.97 Å². The molecular formula is C28H26Cl2FNO4. The molecule has 0 saturated carbocycles. The minimum absolute atomic E-state index is 0.172. The van der Waals surface area contributed by atoms with Crippen molar-refractivity contribution < 1.29 is 23.8 Å². The Bertz CT molecular complexity index is 1200. The van der Waals surface area contributed by atoms with E-state index in [-0.39, 0.29) is 18.7 Å². The molecule has 0 bridgehead atoms. The molecule has 188 valence electrons. The third-order valence-electron chi connectivity index (χ3n) is 6.35. The number of benzene rings is 3. The Morgan fingerprint density at radius 2 is 1.53 bits per heavy atom. The average molecular weight is 530 g/mol. The molecule has 5 nitrogen and oxygen atoms in total. The molecule has 4 atom stereocenters. The molecule has 3 aromatic rings. The summed E-state index contributed by atoms with van der Waals surface area (Å²) in [5.74, 6) is -1.89. The van der Waals surface area contributed by atoms with Gasteiger partial charge < -0.3 is 14.7 Å². The Morgan fingerprint density at radius 1 is 0.972 bits per heavy atom. The fraction of sp³-hybridized carbons (Fsp3) is 0.286. The molecule has 36 heavy (non-hydrogen) atoms. The summed E-state index contributed by atoms with van der Waals surface area (Å²) < 4.78 is 19.9. The third-order valence-corrected chi connectivity index (χ3v) is 6.86. The van der Waals surface area contributed by atoms with Crippen LogP contribution in [0.3, 0.4) is 0 Å². The molecule has 1 N–H and O–H groups in total. The number of hydrogen-bond donors (Lipinski definition) is 1. The van der Waals surface area contributed by atoms with Crippen LogP contribution in [0.4, 0.5) is 4.39 Å². The molecule has 1 fully saturated rings. The summed E-state index contributed by atoms with van der Waals surface area (Å²) >= 11 is 12.3. The number of hydrogen-bond acceptors (Lipinski definition) is 3. The number of nitrogens with zero attached hydrogens (tertiary/aromatic N) is 1. The van der Waals surface area contributed by atoms with E-state index in [2.05, 4.69) is 0 Å². The molecule has 0 spiro atoms. The van der Waals surface area contributed by atoms with E-state index in [1.165, 1.54) is 17.0 Å². The van der Waals surface area contributed by atoms with Crippen molar-refractivity contribution in [3.05, 3.63) is 105 Å². The van der Waals surface area contributed by atoms with E-state index in [1.807, 2.05) is 19.1 Å². The summed E-state index contributed by atoms with van der Waals surface area (Å²) in [6.45, 7) is 1.88. The van der Waals surface area contributed by atoms with Gasteiger partial charge in [-0.25, -0.2) is 9.18 Å². The molecule has 4 rings (SSSR count). The second kappa shape index (κ2) is 11.4. The zero-order chi connectivity index (χ0) is 25.8. The highest BCUT2D eigenvalue weighted by Gasteiger charge is 2.48. The number of carbonyl (C=O) groups excluding carboxylic acids is 1. The number of ether oxygens (including phenoxy) is 1. The van der Waals surface area contributed by atoms with E-state index < -0.39 is 36.2 Å². The predicted molar refractivity (Wildman–Crippen MR) is 137 cm³/mol. The van der Waals surface area contributed by atoms with Gasteiger partial charge in [-0.1, -0.05) is 72.9 Å². The Labute approximate surface area is 219 Å². The van der Waals surface area contributed by atoms with Crippen LogP contribution in [0, 0.1) is 5.82 Å².